The molecule has 56 heavy (non-hydrogen) atoms. The summed E-state index contributed by atoms with van der Waals surface area (Å²) in [5.74, 6) is 0.0769. The van der Waals surface area contributed by atoms with Gasteiger partial charge in [0.05, 0.1) is 110 Å². The Kier molecular flexibility index (Phi) is 25.6. The van der Waals surface area contributed by atoms with Crippen molar-refractivity contribution in [2.45, 2.75) is 43.0 Å². The van der Waals surface area contributed by atoms with Crippen molar-refractivity contribution in [1.29, 1.82) is 0 Å². The Hall–Kier alpha value is -1.76. The number of Topliss-reactive ketones (excluding diaryl/α,β-unsaturated/α-hetero) is 1. The number of hydrogen-bond donors (Lipinski definition) is 0. The standard InChI is InChI=1S/C40H61Cl2NO12S/c1-43-31-38(37-29-34(41)30-40(42)39(37)32-43)33-6-3-8-36(28-33)56(45,46)27-5-11-49-16-19-52-18-15-48-10-4-7-35(44)9-12-50-17-20-53-23-24-55-26-25-54-22-21-51-14-13-47-2/h3,6,8,28-30,38H,4-5,7,9-27,31-32H2,1-2H3. The van der Waals surface area contributed by atoms with Crippen LogP contribution < -0.4 is 0 Å². The molecule has 0 bridgehead atoms. The molecule has 0 aromatic heterocycles. The highest BCUT2D eigenvalue weighted by Gasteiger charge is 2.28. The normalized spacial score (nSPS) is 14.7. The van der Waals surface area contributed by atoms with Crippen LogP contribution in [0.3, 0.4) is 0 Å². The second kappa shape index (κ2) is 29.4. The van der Waals surface area contributed by atoms with Crippen molar-refractivity contribution in [1.82, 2.24) is 4.90 Å². The van der Waals surface area contributed by atoms with Gasteiger partial charge in [0.25, 0.3) is 0 Å². The second-order valence-electron chi connectivity index (χ2n) is 13.2. The molecule has 0 amide bonds. The van der Waals surface area contributed by atoms with Crippen molar-refractivity contribution < 1.29 is 55.8 Å². The Balaban J connectivity index is 1.10. The van der Waals surface area contributed by atoms with Crippen LogP contribution in [0, 0.1) is 0 Å². The summed E-state index contributed by atoms with van der Waals surface area (Å²) in [5.41, 5.74) is 2.97. The zero-order valence-corrected chi connectivity index (χ0v) is 35.4. The number of sulfone groups is 1. The van der Waals surface area contributed by atoms with Gasteiger partial charge in [0.15, 0.2) is 9.84 Å². The third-order valence-electron chi connectivity index (χ3n) is 8.75. The molecule has 2 aromatic rings. The van der Waals surface area contributed by atoms with Crippen molar-refractivity contribution >= 4 is 38.8 Å². The number of ketones is 1. The van der Waals surface area contributed by atoms with E-state index in [0.717, 1.165) is 23.2 Å². The molecule has 1 heterocycles. The molecular weight excluding hydrogens is 789 g/mol. The topological polar surface area (TPSA) is 138 Å². The van der Waals surface area contributed by atoms with Gasteiger partial charge in [0.2, 0.25) is 0 Å². The summed E-state index contributed by atoms with van der Waals surface area (Å²) in [7, 11) is 0.161. The van der Waals surface area contributed by atoms with Gasteiger partial charge in [-0.2, -0.15) is 0 Å². The summed E-state index contributed by atoms with van der Waals surface area (Å²) in [4.78, 5) is 14.5. The molecule has 3 rings (SSSR count). The fraction of sp³-hybridized carbons (Fsp3) is 0.675. The van der Waals surface area contributed by atoms with Gasteiger partial charge in [-0.1, -0.05) is 35.3 Å². The number of methoxy groups -OCH3 is 1. The SMILES string of the molecule is COCCOCCOCCOCCOCCOCCC(=O)CCCOCCOCCOCCCS(=O)(=O)c1cccc(C2CN(C)Cc3c(Cl)cc(Cl)cc32)c1. The first-order valence-corrected chi connectivity index (χ1v) is 21.7. The lowest BCUT2D eigenvalue weighted by atomic mass is 9.85. The summed E-state index contributed by atoms with van der Waals surface area (Å²) in [6.45, 7) is 9.17. The molecule has 16 heteroatoms. The van der Waals surface area contributed by atoms with Crippen LogP contribution in [0.5, 0.6) is 0 Å². The predicted octanol–water partition coefficient (Wildman–Crippen LogP) is 5.25. The zero-order chi connectivity index (χ0) is 40.3. The van der Waals surface area contributed by atoms with Gasteiger partial charge in [-0.15, -0.1) is 0 Å². The maximum absolute atomic E-state index is 13.2. The van der Waals surface area contributed by atoms with E-state index in [4.69, 9.17) is 65.8 Å². The maximum Gasteiger partial charge on any atom is 0.178 e. The molecule has 0 saturated heterocycles. The van der Waals surface area contributed by atoms with Gasteiger partial charge >= 0.3 is 0 Å². The number of rotatable bonds is 34. The summed E-state index contributed by atoms with van der Waals surface area (Å²) in [6.07, 6.45) is 1.81. The lowest BCUT2D eigenvalue weighted by molar-refractivity contribution is -0.120. The minimum absolute atomic E-state index is 0.0170. The monoisotopic (exact) mass is 849 g/mol. The lowest BCUT2D eigenvalue weighted by Crippen LogP contribution is -2.31. The highest BCUT2D eigenvalue weighted by Crippen LogP contribution is 2.38. The number of nitrogens with zero attached hydrogens (tertiary/aromatic N) is 1. The van der Waals surface area contributed by atoms with Crippen LogP contribution in [0.1, 0.15) is 48.3 Å². The smallest absolute Gasteiger partial charge is 0.178 e. The van der Waals surface area contributed by atoms with Crippen molar-refractivity contribution in [3.05, 3.63) is 63.1 Å². The zero-order valence-electron chi connectivity index (χ0n) is 33.0. The fourth-order valence-corrected chi connectivity index (χ4v) is 7.78. The maximum atomic E-state index is 13.2. The molecule has 1 unspecified atom stereocenters. The first-order chi connectivity index (χ1) is 27.2. The summed E-state index contributed by atoms with van der Waals surface area (Å²) in [5, 5.41) is 1.19. The molecule has 2 aromatic carbocycles. The van der Waals surface area contributed by atoms with Gasteiger partial charge in [-0.05, 0) is 60.8 Å². The molecule has 0 N–H and O–H groups in total. The highest BCUT2D eigenvalue weighted by molar-refractivity contribution is 7.91. The molecule has 0 radical (unpaired) electrons. The fourth-order valence-electron chi connectivity index (χ4n) is 5.87. The van der Waals surface area contributed by atoms with Crippen LogP contribution in [0.15, 0.2) is 41.3 Å². The number of ether oxygens (including phenoxy) is 9. The molecule has 0 aliphatic carbocycles. The first kappa shape index (κ1) is 48.6. The third-order valence-corrected chi connectivity index (χ3v) is 11.1. The molecule has 1 aliphatic rings. The van der Waals surface area contributed by atoms with Crippen molar-refractivity contribution in [3.8, 4) is 0 Å². The third kappa shape index (κ3) is 20.3. The Labute approximate surface area is 343 Å². The van der Waals surface area contributed by atoms with Crippen molar-refractivity contribution in [2.75, 3.05) is 139 Å². The summed E-state index contributed by atoms with van der Waals surface area (Å²) < 4.78 is 75.0. The Bertz CT molecular complexity index is 1490. The minimum Gasteiger partial charge on any atom is -0.382 e. The van der Waals surface area contributed by atoms with Gasteiger partial charge in [0, 0.05) is 62.2 Å². The van der Waals surface area contributed by atoms with E-state index in [2.05, 4.69) is 4.90 Å². The van der Waals surface area contributed by atoms with E-state index < -0.39 is 9.84 Å². The second-order valence-corrected chi connectivity index (χ2v) is 16.2. The van der Waals surface area contributed by atoms with Crippen LogP contribution >= 0.6 is 23.2 Å². The molecule has 318 valence electrons. The van der Waals surface area contributed by atoms with Gasteiger partial charge in [-0.25, -0.2) is 8.42 Å². The first-order valence-electron chi connectivity index (χ1n) is 19.3. The summed E-state index contributed by atoms with van der Waals surface area (Å²) >= 11 is 12.8. The molecule has 1 aliphatic heterocycles. The molecule has 0 fully saturated rings. The van der Waals surface area contributed by atoms with E-state index in [1.54, 1.807) is 31.4 Å². The number of likely N-dealkylation sites (N-methyl/N-ethyl adjacent to an activating group) is 1. The van der Waals surface area contributed by atoms with Crippen molar-refractivity contribution in [3.63, 3.8) is 0 Å². The van der Waals surface area contributed by atoms with Crippen LogP contribution in [0.4, 0.5) is 0 Å². The number of carbonyl (C=O) groups is 1. The highest BCUT2D eigenvalue weighted by atomic mass is 35.5. The molecule has 0 spiro atoms. The lowest BCUT2D eigenvalue weighted by Gasteiger charge is -2.33. The summed E-state index contributed by atoms with van der Waals surface area (Å²) in [6, 6.07) is 10.8. The average molecular weight is 851 g/mol. The molecular formula is C40H61Cl2NO12S. The van der Waals surface area contributed by atoms with E-state index in [0.29, 0.717) is 159 Å². The quantitative estimate of drug-likeness (QED) is 0.0849. The Morgan fingerprint density at radius 1 is 0.679 bits per heavy atom. The van der Waals surface area contributed by atoms with E-state index in [9.17, 15) is 13.2 Å². The number of hydrogen-bond acceptors (Lipinski definition) is 13. The largest absolute Gasteiger partial charge is 0.382 e. The van der Waals surface area contributed by atoms with Crippen LogP contribution in [0.2, 0.25) is 10.0 Å². The molecule has 1 atom stereocenters. The number of benzene rings is 2. The van der Waals surface area contributed by atoms with Crippen LogP contribution in [0.25, 0.3) is 0 Å². The van der Waals surface area contributed by atoms with E-state index >= 15 is 0 Å². The number of carbonyl (C=O) groups excluding carboxylic acids is 1. The van der Waals surface area contributed by atoms with E-state index in [1.165, 1.54) is 0 Å². The Morgan fingerprint density at radius 3 is 1.77 bits per heavy atom. The predicted molar refractivity (Wildman–Crippen MR) is 215 cm³/mol. The van der Waals surface area contributed by atoms with Gasteiger partial charge in [0.1, 0.15) is 5.78 Å². The number of halogens is 2. The van der Waals surface area contributed by atoms with Crippen LogP contribution in [-0.4, -0.2) is 158 Å². The van der Waals surface area contributed by atoms with E-state index in [-0.39, 0.29) is 17.5 Å². The molecule has 13 nitrogen and oxygen atoms in total. The van der Waals surface area contributed by atoms with Crippen LogP contribution in [-0.2, 0) is 63.8 Å². The van der Waals surface area contributed by atoms with E-state index in [1.807, 2.05) is 19.2 Å². The van der Waals surface area contributed by atoms with Crippen molar-refractivity contribution in [2.24, 2.45) is 0 Å². The van der Waals surface area contributed by atoms with Gasteiger partial charge in [-0.3, -0.25) is 4.79 Å². The minimum atomic E-state index is -3.50. The Morgan fingerprint density at radius 2 is 1.20 bits per heavy atom. The van der Waals surface area contributed by atoms with Gasteiger partial charge < -0.3 is 47.5 Å². The molecule has 0 saturated carbocycles. The average Bonchev–Trinajstić information content (AvgIpc) is 3.18. The number of fused-ring (bicyclic) bond motifs is 1.